The summed E-state index contributed by atoms with van der Waals surface area (Å²) >= 11 is 0. The lowest BCUT2D eigenvalue weighted by Gasteiger charge is -2.33. The molecule has 0 saturated carbocycles. The fourth-order valence-corrected chi connectivity index (χ4v) is 6.50. The van der Waals surface area contributed by atoms with Crippen LogP contribution in [0, 0.1) is 0 Å². The van der Waals surface area contributed by atoms with Gasteiger partial charge in [-0.1, -0.05) is 9.13 Å². The normalized spacial score (nSPS) is 22.0. The van der Waals surface area contributed by atoms with E-state index < -0.39 is 97.7 Å². The fourth-order valence-electron chi connectivity index (χ4n) is 3.75. The Balaban J connectivity index is 3.25. The summed E-state index contributed by atoms with van der Waals surface area (Å²) in [5, 5.41) is 48.7. The summed E-state index contributed by atoms with van der Waals surface area (Å²) < 4.78 is 36.5. The maximum atomic E-state index is 12.6. The van der Waals surface area contributed by atoms with Gasteiger partial charge in [-0.05, 0) is 0 Å². The van der Waals surface area contributed by atoms with Crippen molar-refractivity contribution in [2.75, 3.05) is 51.7 Å². The van der Waals surface area contributed by atoms with Gasteiger partial charge in [0.2, 0.25) is 7.37 Å². The lowest BCUT2D eigenvalue weighted by Crippen LogP contribution is -2.52. The number of aliphatic hydroxyl groups is 2. The average Bonchev–Trinajstić information content (AvgIpc) is 2.90. The number of aliphatic carboxylic acids is 3. The van der Waals surface area contributed by atoms with E-state index in [0.29, 0.717) is 0 Å². The highest BCUT2D eigenvalue weighted by molar-refractivity contribution is 7.57. The number of carboxylic acids is 3. The van der Waals surface area contributed by atoms with Gasteiger partial charge < -0.3 is 30.4 Å². The van der Waals surface area contributed by atoms with E-state index in [0.717, 1.165) is 0 Å². The molecule has 0 radical (unpaired) electrons. The highest BCUT2D eigenvalue weighted by atomic mass is 31.2. The molecular formula is C18H34N3O12P3+2. The smallest absolute Gasteiger partial charge is 0.376 e. The molecular weight excluding hydrogens is 543 g/mol. The first-order valence-electron chi connectivity index (χ1n) is 11.1. The molecule has 15 nitrogen and oxygen atoms in total. The summed E-state index contributed by atoms with van der Waals surface area (Å²) in [4.78, 5) is 47.2. The van der Waals surface area contributed by atoms with Gasteiger partial charge >= 0.3 is 45.8 Å². The Hall–Kier alpha value is -1.40. The molecule has 1 rings (SSSR count). The Bertz CT molecular complexity index is 816. The van der Waals surface area contributed by atoms with Crippen LogP contribution < -0.4 is 0 Å². The minimum absolute atomic E-state index is 0.0225. The highest BCUT2D eigenvalue weighted by Crippen LogP contribution is 2.42. The van der Waals surface area contributed by atoms with Gasteiger partial charge in [0.15, 0.2) is 0 Å². The third-order valence-corrected chi connectivity index (χ3v) is 9.41. The van der Waals surface area contributed by atoms with Crippen LogP contribution in [0.25, 0.3) is 0 Å². The molecule has 1 saturated heterocycles. The Labute approximate surface area is 210 Å². The van der Waals surface area contributed by atoms with Crippen LogP contribution in [0.5, 0.6) is 0 Å². The molecule has 18 heteroatoms. The Morgan fingerprint density at radius 1 is 0.722 bits per heavy atom. The van der Waals surface area contributed by atoms with Crippen LogP contribution in [0.2, 0.25) is 0 Å². The predicted octanol–water partition coefficient (Wildman–Crippen LogP) is -0.322. The van der Waals surface area contributed by atoms with E-state index in [4.69, 9.17) is 15.3 Å². The number of hydrogen-bond donors (Lipinski definition) is 6. The molecule has 1 aliphatic heterocycles. The average molecular weight is 577 g/mol. The number of nitrogens with zero attached hydrogens (tertiary/aromatic N) is 3. The molecule has 206 valence electrons. The second-order valence-corrected chi connectivity index (χ2v) is 13.0. The second-order valence-electron chi connectivity index (χ2n) is 8.57. The maximum Gasteiger partial charge on any atom is 0.376 e. The van der Waals surface area contributed by atoms with Crippen LogP contribution in [0.4, 0.5) is 0 Å². The van der Waals surface area contributed by atoms with E-state index in [2.05, 4.69) is 0 Å². The number of carbonyl (C=O) groups is 3. The Morgan fingerprint density at radius 2 is 1.08 bits per heavy atom. The maximum absolute atomic E-state index is 12.6. The van der Waals surface area contributed by atoms with E-state index >= 15 is 0 Å². The lowest BCUT2D eigenvalue weighted by atomic mass is 10.2. The van der Waals surface area contributed by atoms with Crippen LogP contribution in [0.3, 0.4) is 0 Å². The van der Waals surface area contributed by atoms with Gasteiger partial charge in [0, 0.05) is 58.3 Å². The minimum Gasteiger partial charge on any atom is -0.481 e. The van der Waals surface area contributed by atoms with Crippen molar-refractivity contribution in [3.05, 3.63) is 0 Å². The molecule has 0 amide bonds. The minimum atomic E-state index is -3.94. The van der Waals surface area contributed by atoms with Crippen molar-refractivity contribution in [2.24, 2.45) is 0 Å². The van der Waals surface area contributed by atoms with Gasteiger partial charge in [-0.25, -0.2) is 9.80 Å². The molecule has 1 fully saturated rings. The standard InChI is InChI=1S/C18H32N3O12P3/c22-14(23)1-4-17(28,34-30)20-8-6-19(13-36(32,33)12-3-16(26)27)7-9-21(11-10-20)18(29,35-31)5-2-15(24)25/h28-29H,1-13H2,(H,22,23)(H,24,25)(H,26,27)(H,32,33)/p+2. The largest absolute Gasteiger partial charge is 0.481 e. The monoisotopic (exact) mass is 577 g/mol. The third-order valence-electron chi connectivity index (χ3n) is 5.86. The van der Waals surface area contributed by atoms with Crippen LogP contribution in [0.15, 0.2) is 0 Å². The van der Waals surface area contributed by atoms with E-state index in [9.17, 15) is 43.2 Å². The molecule has 1 aliphatic rings. The molecule has 36 heavy (non-hydrogen) atoms. The fraction of sp³-hybridized carbons (Fsp3) is 0.833. The van der Waals surface area contributed by atoms with Gasteiger partial charge in [0.1, 0.15) is 0 Å². The van der Waals surface area contributed by atoms with Crippen molar-refractivity contribution in [2.45, 2.75) is 43.0 Å². The number of carboxylic acid groups (broad SMARTS) is 3. The van der Waals surface area contributed by atoms with Crippen molar-refractivity contribution in [1.29, 1.82) is 0 Å². The van der Waals surface area contributed by atoms with Gasteiger partial charge in [-0.15, -0.1) is 0 Å². The van der Waals surface area contributed by atoms with E-state index in [1.54, 1.807) is 0 Å². The van der Waals surface area contributed by atoms with E-state index in [1.165, 1.54) is 14.7 Å². The van der Waals surface area contributed by atoms with Crippen LogP contribution in [-0.2, 0) is 28.1 Å². The van der Waals surface area contributed by atoms with Gasteiger partial charge in [0.25, 0.3) is 0 Å². The summed E-state index contributed by atoms with van der Waals surface area (Å²) in [5.41, 5.74) is -4.13. The predicted molar refractivity (Wildman–Crippen MR) is 128 cm³/mol. The zero-order valence-corrected chi connectivity index (χ0v) is 22.5. The molecule has 0 spiro atoms. The van der Waals surface area contributed by atoms with Gasteiger partial charge in [-0.3, -0.25) is 23.8 Å². The van der Waals surface area contributed by atoms with Crippen molar-refractivity contribution in [1.82, 2.24) is 14.7 Å². The second kappa shape index (κ2) is 14.5. The van der Waals surface area contributed by atoms with Crippen molar-refractivity contribution in [3.63, 3.8) is 0 Å². The first-order chi connectivity index (χ1) is 16.7. The van der Waals surface area contributed by atoms with Crippen molar-refractivity contribution >= 4 is 42.2 Å². The molecule has 0 aromatic rings. The molecule has 0 bridgehead atoms. The molecule has 5 atom stereocenters. The molecule has 0 aromatic heterocycles. The summed E-state index contributed by atoms with van der Waals surface area (Å²) in [5.74, 6) is -3.70. The quantitative estimate of drug-likeness (QED) is 0.137. The molecule has 0 aliphatic carbocycles. The molecule has 6 N–H and O–H groups in total. The Morgan fingerprint density at radius 3 is 1.42 bits per heavy atom. The highest BCUT2D eigenvalue weighted by Gasteiger charge is 2.47. The topological polar surface area (TPSA) is 234 Å². The summed E-state index contributed by atoms with van der Waals surface area (Å²) in [6.45, 7) is -0.114. The van der Waals surface area contributed by atoms with Gasteiger partial charge in [-0.2, -0.15) is 0 Å². The van der Waals surface area contributed by atoms with Crippen LogP contribution in [-0.4, -0.2) is 126 Å². The van der Waals surface area contributed by atoms with Gasteiger partial charge in [0.05, 0.1) is 25.5 Å². The molecule has 1 heterocycles. The zero-order valence-electron chi connectivity index (χ0n) is 19.6. The summed E-state index contributed by atoms with van der Waals surface area (Å²) in [6.07, 6.45) is -3.23. The molecule has 5 unspecified atom stereocenters. The van der Waals surface area contributed by atoms with Crippen LogP contribution in [0.1, 0.15) is 32.1 Å². The van der Waals surface area contributed by atoms with Crippen LogP contribution >= 0.6 is 24.3 Å². The van der Waals surface area contributed by atoms with E-state index in [1.807, 2.05) is 0 Å². The Kier molecular flexibility index (Phi) is 13.2. The van der Waals surface area contributed by atoms with Crippen molar-refractivity contribution in [3.8, 4) is 0 Å². The molecule has 0 aromatic carbocycles. The first kappa shape index (κ1) is 32.6. The zero-order chi connectivity index (χ0) is 27.6. The first-order valence-corrected chi connectivity index (χ1v) is 14.9. The number of rotatable bonds is 15. The van der Waals surface area contributed by atoms with Crippen molar-refractivity contribution < 1.29 is 58.5 Å². The lowest BCUT2D eigenvalue weighted by molar-refractivity contribution is -0.140. The summed E-state index contributed by atoms with van der Waals surface area (Å²) in [7, 11) is -6.66. The summed E-state index contributed by atoms with van der Waals surface area (Å²) in [6, 6.07) is 0. The third kappa shape index (κ3) is 10.9. The number of hydrogen-bond acceptors (Lipinski definition) is 11. The van der Waals surface area contributed by atoms with E-state index in [-0.39, 0.29) is 39.3 Å². The SMILES string of the molecule is O=[PH+]C(O)(CCC(=O)O)N1CCN(CP(=O)(O)CCC(=O)O)CCN(C(O)(CCC(=O)O)[PH+]=O)CC1.